The number of halogens is 2. The Hall–Kier alpha value is -1.32. The molecule has 2 rings (SSSR count). The Morgan fingerprint density at radius 1 is 1.00 bits per heavy atom. The van der Waals surface area contributed by atoms with Gasteiger partial charge in [0.2, 0.25) is 0 Å². The van der Waals surface area contributed by atoms with E-state index in [0.717, 1.165) is 22.3 Å². The van der Waals surface area contributed by atoms with Gasteiger partial charge in [-0.3, -0.25) is 0 Å². The predicted octanol–water partition coefficient (Wildman–Crippen LogP) is 5.75. The fourth-order valence-electron chi connectivity index (χ4n) is 3.19. The van der Waals surface area contributed by atoms with Gasteiger partial charge in [0.25, 0.3) is 0 Å². The van der Waals surface area contributed by atoms with Crippen molar-refractivity contribution >= 4 is 28.8 Å². The average molecular weight is 392 g/mol. The summed E-state index contributed by atoms with van der Waals surface area (Å²) in [5, 5.41) is 13.2. The van der Waals surface area contributed by atoms with Gasteiger partial charge in [-0.1, -0.05) is 67.4 Å². The molecule has 0 spiro atoms. The number of hydrogen-bond acceptors (Lipinski definition) is 2. The summed E-state index contributed by atoms with van der Waals surface area (Å²) in [7, 11) is 0. The standard InChI is InChI=1S/C22H27Cl2NO/c1-15(17-9-11-19(23)12-10-17)16(2)22(26,21(3,4)14-25)13-18-7-5-6-8-20(18)24/h5-12,26H,13-14,25H2,1-4H3. The predicted molar refractivity (Wildman–Crippen MR) is 113 cm³/mol. The zero-order valence-corrected chi connectivity index (χ0v) is 17.3. The quantitative estimate of drug-likeness (QED) is 0.658. The minimum absolute atomic E-state index is 0.346. The van der Waals surface area contributed by atoms with Crippen LogP contribution < -0.4 is 5.73 Å². The van der Waals surface area contributed by atoms with Gasteiger partial charge in [-0.05, 0) is 54.3 Å². The van der Waals surface area contributed by atoms with Gasteiger partial charge < -0.3 is 10.8 Å². The lowest BCUT2D eigenvalue weighted by Crippen LogP contribution is -2.51. The van der Waals surface area contributed by atoms with Crippen LogP contribution in [0.1, 0.15) is 38.8 Å². The van der Waals surface area contributed by atoms with E-state index in [1.165, 1.54) is 0 Å². The summed E-state index contributed by atoms with van der Waals surface area (Å²) >= 11 is 12.4. The number of hydrogen-bond donors (Lipinski definition) is 2. The van der Waals surface area contributed by atoms with Crippen LogP contribution in [-0.4, -0.2) is 17.3 Å². The maximum Gasteiger partial charge on any atom is 0.0963 e. The van der Waals surface area contributed by atoms with Gasteiger partial charge in [0.15, 0.2) is 0 Å². The Kier molecular flexibility index (Phi) is 6.57. The van der Waals surface area contributed by atoms with Crippen LogP contribution in [0.15, 0.2) is 54.1 Å². The fourth-order valence-corrected chi connectivity index (χ4v) is 3.52. The average Bonchev–Trinajstić information content (AvgIpc) is 2.62. The Morgan fingerprint density at radius 3 is 2.12 bits per heavy atom. The second-order valence-electron chi connectivity index (χ2n) is 7.47. The highest BCUT2D eigenvalue weighted by atomic mass is 35.5. The van der Waals surface area contributed by atoms with Gasteiger partial charge in [0.05, 0.1) is 5.60 Å². The van der Waals surface area contributed by atoms with Gasteiger partial charge >= 0.3 is 0 Å². The molecule has 0 aliphatic rings. The molecule has 26 heavy (non-hydrogen) atoms. The van der Waals surface area contributed by atoms with Crippen molar-refractivity contribution in [2.24, 2.45) is 11.1 Å². The van der Waals surface area contributed by atoms with E-state index in [-0.39, 0.29) is 0 Å². The van der Waals surface area contributed by atoms with Crippen LogP contribution in [-0.2, 0) is 6.42 Å². The molecule has 0 aromatic heterocycles. The second-order valence-corrected chi connectivity index (χ2v) is 8.32. The van der Waals surface area contributed by atoms with Crippen LogP contribution in [0, 0.1) is 5.41 Å². The van der Waals surface area contributed by atoms with E-state index in [0.29, 0.717) is 23.0 Å². The first-order chi connectivity index (χ1) is 12.1. The van der Waals surface area contributed by atoms with Crippen molar-refractivity contribution in [2.75, 3.05) is 6.54 Å². The first-order valence-corrected chi connectivity index (χ1v) is 9.48. The van der Waals surface area contributed by atoms with Crippen molar-refractivity contribution in [1.29, 1.82) is 0 Å². The van der Waals surface area contributed by atoms with Crippen molar-refractivity contribution < 1.29 is 5.11 Å². The molecular formula is C22H27Cl2NO. The molecule has 0 bridgehead atoms. The molecule has 0 saturated heterocycles. The summed E-state index contributed by atoms with van der Waals surface area (Å²) in [4.78, 5) is 0. The molecule has 3 N–H and O–H groups in total. The van der Waals surface area contributed by atoms with E-state index in [1.807, 2.05) is 76.2 Å². The minimum Gasteiger partial charge on any atom is -0.385 e. The molecule has 0 heterocycles. The molecule has 0 saturated carbocycles. The van der Waals surface area contributed by atoms with E-state index in [1.54, 1.807) is 0 Å². The summed E-state index contributed by atoms with van der Waals surface area (Å²) in [5.41, 5.74) is 8.19. The molecule has 4 heteroatoms. The summed E-state index contributed by atoms with van der Waals surface area (Å²) in [6.07, 6.45) is 0.396. The third-order valence-corrected chi connectivity index (χ3v) is 6.11. The third kappa shape index (κ3) is 4.15. The highest BCUT2D eigenvalue weighted by molar-refractivity contribution is 6.31. The molecule has 0 radical (unpaired) electrons. The Balaban J connectivity index is 2.58. The SMILES string of the molecule is CC(=C(C)C(O)(Cc1ccccc1Cl)C(C)(C)CN)c1ccc(Cl)cc1. The highest BCUT2D eigenvalue weighted by Crippen LogP contribution is 2.42. The zero-order valence-electron chi connectivity index (χ0n) is 15.8. The number of aliphatic hydroxyl groups is 1. The molecule has 0 aliphatic carbocycles. The molecule has 1 atom stereocenters. The van der Waals surface area contributed by atoms with Crippen molar-refractivity contribution in [1.82, 2.24) is 0 Å². The van der Waals surface area contributed by atoms with Crippen LogP contribution in [0.25, 0.3) is 5.57 Å². The van der Waals surface area contributed by atoms with Gasteiger partial charge in [0.1, 0.15) is 0 Å². The molecule has 2 aromatic carbocycles. The van der Waals surface area contributed by atoms with Crippen molar-refractivity contribution in [3.8, 4) is 0 Å². The molecule has 140 valence electrons. The third-order valence-electron chi connectivity index (χ3n) is 5.49. The Bertz CT molecular complexity index is 796. The van der Waals surface area contributed by atoms with Crippen molar-refractivity contribution in [3.05, 3.63) is 75.3 Å². The molecule has 0 amide bonds. The van der Waals surface area contributed by atoms with E-state index in [9.17, 15) is 5.11 Å². The van der Waals surface area contributed by atoms with E-state index >= 15 is 0 Å². The van der Waals surface area contributed by atoms with Crippen molar-refractivity contribution in [2.45, 2.75) is 39.7 Å². The van der Waals surface area contributed by atoms with E-state index in [4.69, 9.17) is 28.9 Å². The maximum atomic E-state index is 11.8. The van der Waals surface area contributed by atoms with Crippen LogP contribution in [0.2, 0.25) is 10.0 Å². The first kappa shape index (κ1) is 21.0. The van der Waals surface area contributed by atoms with Gasteiger partial charge in [-0.25, -0.2) is 0 Å². The molecule has 2 nitrogen and oxygen atoms in total. The maximum absolute atomic E-state index is 11.8. The first-order valence-electron chi connectivity index (χ1n) is 8.72. The van der Waals surface area contributed by atoms with Gasteiger partial charge in [-0.15, -0.1) is 0 Å². The van der Waals surface area contributed by atoms with Crippen LogP contribution in [0.4, 0.5) is 0 Å². The lowest BCUT2D eigenvalue weighted by Gasteiger charge is -2.44. The molecule has 0 fully saturated rings. The second kappa shape index (κ2) is 8.14. The number of allylic oxidation sites excluding steroid dienone is 1. The van der Waals surface area contributed by atoms with Crippen LogP contribution >= 0.6 is 23.2 Å². The summed E-state index contributed by atoms with van der Waals surface area (Å²) in [5.74, 6) is 0. The van der Waals surface area contributed by atoms with Gasteiger partial charge in [0, 0.05) is 28.4 Å². The largest absolute Gasteiger partial charge is 0.385 e. The molecule has 0 aliphatic heterocycles. The Morgan fingerprint density at radius 2 is 1.58 bits per heavy atom. The monoisotopic (exact) mass is 391 g/mol. The lowest BCUT2D eigenvalue weighted by atomic mass is 9.66. The molecular weight excluding hydrogens is 365 g/mol. The Labute approximate surface area is 166 Å². The van der Waals surface area contributed by atoms with Crippen LogP contribution in [0.3, 0.4) is 0 Å². The minimum atomic E-state index is -1.14. The summed E-state index contributed by atoms with van der Waals surface area (Å²) in [6, 6.07) is 15.3. The van der Waals surface area contributed by atoms with E-state index in [2.05, 4.69) is 0 Å². The molecule has 2 aromatic rings. The number of nitrogens with two attached hydrogens (primary N) is 1. The lowest BCUT2D eigenvalue weighted by molar-refractivity contribution is -0.0287. The normalized spacial score (nSPS) is 15.4. The summed E-state index contributed by atoms with van der Waals surface area (Å²) in [6.45, 7) is 8.31. The number of rotatable bonds is 6. The summed E-state index contributed by atoms with van der Waals surface area (Å²) < 4.78 is 0. The van der Waals surface area contributed by atoms with E-state index < -0.39 is 11.0 Å². The smallest absolute Gasteiger partial charge is 0.0963 e. The topological polar surface area (TPSA) is 46.2 Å². The fraction of sp³-hybridized carbons (Fsp3) is 0.364. The van der Waals surface area contributed by atoms with Gasteiger partial charge in [-0.2, -0.15) is 0 Å². The number of benzene rings is 2. The molecule has 1 unspecified atom stereocenters. The zero-order chi connectivity index (χ0) is 19.5. The van der Waals surface area contributed by atoms with Crippen LogP contribution in [0.5, 0.6) is 0 Å². The highest BCUT2D eigenvalue weighted by Gasteiger charge is 2.45. The van der Waals surface area contributed by atoms with Crippen molar-refractivity contribution in [3.63, 3.8) is 0 Å².